The monoisotopic (exact) mass is 258 g/mol. The number of ether oxygens (including phenoxy) is 2. The molecule has 1 amide bonds. The second kappa shape index (κ2) is 9.30. The smallest absolute Gasteiger partial charge is 0.224 e. The van der Waals surface area contributed by atoms with Gasteiger partial charge in [0.2, 0.25) is 5.91 Å². The van der Waals surface area contributed by atoms with Gasteiger partial charge in [-0.1, -0.05) is 0 Å². The molecule has 1 unspecified atom stereocenters. The molecule has 1 aliphatic rings. The Morgan fingerprint density at radius 3 is 2.67 bits per heavy atom. The van der Waals surface area contributed by atoms with Gasteiger partial charge < -0.3 is 19.7 Å². The van der Waals surface area contributed by atoms with Crippen molar-refractivity contribution in [1.82, 2.24) is 10.2 Å². The van der Waals surface area contributed by atoms with Crippen LogP contribution in [0.2, 0.25) is 0 Å². The van der Waals surface area contributed by atoms with Crippen molar-refractivity contribution >= 4 is 5.91 Å². The van der Waals surface area contributed by atoms with Crippen LogP contribution in [0.5, 0.6) is 0 Å². The van der Waals surface area contributed by atoms with Gasteiger partial charge in [-0.15, -0.1) is 0 Å². The van der Waals surface area contributed by atoms with Gasteiger partial charge in [-0.2, -0.15) is 0 Å². The van der Waals surface area contributed by atoms with E-state index in [1.807, 2.05) is 4.90 Å². The summed E-state index contributed by atoms with van der Waals surface area (Å²) in [5.41, 5.74) is 0. The van der Waals surface area contributed by atoms with E-state index in [0.717, 1.165) is 25.9 Å². The maximum atomic E-state index is 12.2. The molecular weight excluding hydrogens is 232 g/mol. The molecule has 0 bridgehead atoms. The van der Waals surface area contributed by atoms with E-state index in [1.54, 1.807) is 14.2 Å². The molecule has 5 heteroatoms. The lowest BCUT2D eigenvalue weighted by Crippen LogP contribution is -2.38. The van der Waals surface area contributed by atoms with Crippen molar-refractivity contribution in [2.24, 2.45) is 0 Å². The minimum absolute atomic E-state index is 0.225. The summed E-state index contributed by atoms with van der Waals surface area (Å²) in [6.45, 7) is 3.75. The van der Waals surface area contributed by atoms with Crippen LogP contribution in [0.1, 0.15) is 25.7 Å². The van der Waals surface area contributed by atoms with E-state index >= 15 is 0 Å². The topological polar surface area (TPSA) is 50.8 Å². The number of methoxy groups -OCH3 is 2. The van der Waals surface area contributed by atoms with Crippen molar-refractivity contribution in [3.8, 4) is 0 Å². The number of carbonyl (C=O) groups excluding carboxylic acids is 1. The Hall–Kier alpha value is -0.650. The Kier molecular flexibility index (Phi) is 7.96. The lowest BCUT2D eigenvalue weighted by atomic mass is 10.1. The highest BCUT2D eigenvalue weighted by atomic mass is 16.5. The summed E-state index contributed by atoms with van der Waals surface area (Å²) < 4.78 is 10.1. The number of nitrogens with one attached hydrogen (secondary N) is 1. The van der Waals surface area contributed by atoms with Crippen LogP contribution in [0.15, 0.2) is 0 Å². The van der Waals surface area contributed by atoms with Gasteiger partial charge in [-0.3, -0.25) is 4.79 Å². The molecule has 1 N–H and O–H groups in total. The molecule has 0 radical (unpaired) electrons. The van der Waals surface area contributed by atoms with Crippen LogP contribution in [0, 0.1) is 0 Å². The highest BCUT2D eigenvalue weighted by Gasteiger charge is 2.21. The molecule has 0 aromatic rings. The van der Waals surface area contributed by atoms with Gasteiger partial charge in [-0.25, -0.2) is 0 Å². The summed E-state index contributed by atoms with van der Waals surface area (Å²) in [5.74, 6) is 0.225. The lowest BCUT2D eigenvalue weighted by molar-refractivity contribution is -0.132. The van der Waals surface area contributed by atoms with E-state index in [-0.39, 0.29) is 5.91 Å². The first-order chi connectivity index (χ1) is 8.77. The molecule has 1 heterocycles. The van der Waals surface area contributed by atoms with Gasteiger partial charge in [0.05, 0.1) is 6.61 Å². The maximum Gasteiger partial charge on any atom is 0.224 e. The predicted octanol–water partition coefficient (Wildman–Crippen LogP) is 0.640. The Balaban J connectivity index is 2.32. The van der Waals surface area contributed by atoms with Crippen LogP contribution in [-0.2, 0) is 14.3 Å². The van der Waals surface area contributed by atoms with Crippen LogP contribution in [-0.4, -0.2) is 63.9 Å². The summed E-state index contributed by atoms with van der Waals surface area (Å²) in [7, 11) is 3.35. The number of rotatable bonds is 9. The highest BCUT2D eigenvalue weighted by Crippen LogP contribution is 2.10. The maximum absolute atomic E-state index is 12.2. The van der Waals surface area contributed by atoms with Crippen molar-refractivity contribution in [2.45, 2.75) is 31.7 Å². The second-order valence-corrected chi connectivity index (χ2v) is 4.72. The Labute approximate surface area is 110 Å². The average Bonchev–Trinajstić information content (AvgIpc) is 2.86. The molecule has 5 nitrogen and oxygen atoms in total. The molecule has 106 valence electrons. The molecule has 0 spiro atoms. The van der Waals surface area contributed by atoms with Gasteiger partial charge in [0.25, 0.3) is 0 Å². The van der Waals surface area contributed by atoms with Crippen LogP contribution < -0.4 is 5.32 Å². The third-order valence-electron chi connectivity index (χ3n) is 3.28. The Bertz CT molecular complexity index is 230. The Morgan fingerprint density at radius 2 is 2.06 bits per heavy atom. The number of nitrogens with zero attached hydrogens (tertiary/aromatic N) is 1. The number of carbonyl (C=O) groups is 1. The summed E-state index contributed by atoms with van der Waals surface area (Å²) >= 11 is 0. The molecule has 1 rings (SSSR count). The van der Waals surface area contributed by atoms with Gasteiger partial charge in [-0.05, 0) is 25.8 Å². The third kappa shape index (κ3) is 5.80. The second-order valence-electron chi connectivity index (χ2n) is 4.72. The fourth-order valence-electron chi connectivity index (χ4n) is 2.23. The predicted molar refractivity (Wildman–Crippen MR) is 70.6 cm³/mol. The van der Waals surface area contributed by atoms with Crippen molar-refractivity contribution in [1.29, 1.82) is 0 Å². The van der Waals surface area contributed by atoms with Gasteiger partial charge in [0, 0.05) is 46.4 Å². The molecule has 0 aromatic carbocycles. The minimum atomic E-state index is 0.225. The first-order valence-electron chi connectivity index (χ1n) is 6.77. The molecule has 1 atom stereocenters. The minimum Gasteiger partial charge on any atom is -0.385 e. The average molecular weight is 258 g/mol. The van der Waals surface area contributed by atoms with E-state index in [4.69, 9.17) is 9.47 Å². The quantitative estimate of drug-likeness (QED) is 0.617. The fraction of sp³-hybridized carbons (Fsp3) is 0.923. The van der Waals surface area contributed by atoms with Crippen molar-refractivity contribution in [3.05, 3.63) is 0 Å². The van der Waals surface area contributed by atoms with E-state index < -0.39 is 0 Å². The molecule has 1 saturated heterocycles. The first-order valence-corrected chi connectivity index (χ1v) is 6.77. The Morgan fingerprint density at radius 1 is 1.28 bits per heavy atom. The van der Waals surface area contributed by atoms with Crippen LogP contribution in [0.3, 0.4) is 0 Å². The SMILES string of the molecule is COCCCN(CCOC)C(=O)CC1CCCN1. The first kappa shape index (κ1) is 15.4. The summed E-state index contributed by atoms with van der Waals surface area (Å²) in [4.78, 5) is 14.1. The fourth-order valence-corrected chi connectivity index (χ4v) is 2.23. The molecule has 0 aromatic heterocycles. The van der Waals surface area contributed by atoms with E-state index in [2.05, 4.69) is 5.32 Å². The van der Waals surface area contributed by atoms with Crippen molar-refractivity contribution < 1.29 is 14.3 Å². The van der Waals surface area contributed by atoms with Crippen LogP contribution in [0.4, 0.5) is 0 Å². The normalized spacial score (nSPS) is 19.1. The van der Waals surface area contributed by atoms with Crippen LogP contribution >= 0.6 is 0 Å². The highest BCUT2D eigenvalue weighted by molar-refractivity contribution is 5.76. The lowest BCUT2D eigenvalue weighted by Gasteiger charge is -2.24. The summed E-state index contributed by atoms with van der Waals surface area (Å²) in [6.07, 6.45) is 3.78. The van der Waals surface area contributed by atoms with E-state index in [1.165, 1.54) is 6.42 Å². The summed E-state index contributed by atoms with van der Waals surface area (Å²) in [5, 5.41) is 3.36. The van der Waals surface area contributed by atoms with Crippen LogP contribution in [0.25, 0.3) is 0 Å². The zero-order chi connectivity index (χ0) is 13.2. The van der Waals surface area contributed by atoms with E-state index in [0.29, 0.717) is 32.2 Å². The molecule has 1 fully saturated rings. The van der Waals surface area contributed by atoms with Gasteiger partial charge >= 0.3 is 0 Å². The summed E-state index contributed by atoms with van der Waals surface area (Å²) in [6, 6.07) is 0.366. The largest absolute Gasteiger partial charge is 0.385 e. The van der Waals surface area contributed by atoms with Crippen molar-refractivity contribution in [2.75, 3.05) is 47.1 Å². The number of hydrogen-bond donors (Lipinski definition) is 1. The third-order valence-corrected chi connectivity index (χ3v) is 3.28. The van der Waals surface area contributed by atoms with Gasteiger partial charge in [0.15, 0.2) is 0 Å². The zero-order valence-corrected chi connectivity index (χ0v) is 11.6. The van der Waals surface area contributed by atoms with Gasteiger partial charge in [0.1, 0.15) is 0 Å². The molecule has 18 heavy (non-hydrogen) atoms. The number of hydrogen-bond acceptors (Lipinski definition) is 4. The zero-order valence-electron chi connectivity index (χ0n) is 11.6. The molecule has 1 aliphatic heterocycles. The number of amides is 1. The molecule has 0 saturated carbocycles. The molecular formula is C13H26N2O3. The standard InChI is InChI=1S/C13H26N2O3/c1-17-9-4-7-15(8-10-18-2)13(16)11-12-5-3-6-14-12/h12,14H,3-11H2,1-2H3. The van der Waals surface area contributed by atoms with E-state index in [9.17, 15) is 4.79 Å². The molecule has 0 aliphatic carbocycles. The van der Waals surface area contributed by atoms with Crippen molar-refractivity contribution in [3.63, 3.8) is 0 Å².